The highest BCUT2D eigenvalue weighted by Crippen LogP contribution is 2.31. The van der Waals surface area contributed by atoms with E-state index in [2.05, 4.69) is 6.08 Å². The van der Waals surface area contributed by atoms with Gasteiger partial charge >= 0.3 is 7.80 Å². The molecular weight excluding hydrogens is 131 g/mol. The first-order chi connectivity index (χ1) is 4.18. The van der Waals surface area contributed by atoms with Crippen LogP contribution in [-0.2, 0) is 4.57 Å². The molecule has 1 unspecified atom stereocenters. The van der Waals surface area contributed by atoms with E-state index < -0.39 is 7.80 Å². The number of hydrogen-bond acceptors (Lipinski definition) is 1. The molecular formula is C7H10OP+. The summed E-state index contributed by atoms with van der Waals surface area (Å²) in [6.45, 7) is 4.00. The standard InChI is InChI=1S/C7H10OP/c1-6-3-7(2)5-9(8)4-6/h3-4H,5H2,1-2H3/q+1. The van der Waals surface area contributed by atoms with Crippen molar-refractivity contribution in [2.75, 3.05) is 6.16 Å². The van der Waals surface area contributed by atoms with Crippen LogP contribution in [0.5, 0.6) is 0 Å². The Labute approximate surface area is 56.2 Å². The van der Waals surface area contributed by atoms with E-state index in [1.165, 1.54) is 5.57 Å². The lowest BCUT2D eigenvalue weighted by molar-refractivity contribution is 0.593. The van der Waals surface area contributed by atoms with Crippen molar-refractivity contribution in [2.45, 2.75) is 13.8 Å². The average molecular weight is 141 g/mol. The topological polar surface area (TPSA) is 17.1 Å². The maximum atomic E-state index is 10.9. The van der Waals surface area contributed by atoms with Crippen LogP contribution in [0.3, 0.4) is 0 Å². The molecule has 2 heteroatoms. The number of allylic oxidation sites excluding steroid dienone is 3. The second-order valence-electron chi connectivity index (χ2n) is 2.44. The molecule has 1 atom stereocenters. The molecule has 0 fully saturated rings. The lowest BCUT2D eigenvalue weighted by atomic mass is 10.2. The van der Waals surface area contributed by atoms with Crippen molar-refractivity contribution in [3.05, 3.63) is 23.0 Å². The molecule has 0 aromatic rings. The molecule has 0 spiro atoms. The fraction of sp³-hybridized carbons (Fsp3) is 0.429. The smallest absolute Gasteiger partial charge is 0.0684 e. The molecule has 48 valence electrons. The molecule has 0 aliphatic carbocycles. The zero-order valence-electron chi connectivity index (χ0n) is 5.72. The Hall–Kier alpha value is -0.420. The molecule has 1 nitrogen and oxygen atoms in total. The first-order valence-corrected chi connectivity index (χ1v) is 4.49. The third kappa shape index (κ3) is 1.76. The minimum Gasteiger partial charge on any atom is -0.0684 e. The SMILES string of the molecule is CC1=C[P+](=O)CC(C)=C1. The van der Waals surface area contributed by atoms with Gasteiger partial charge in [0.15, 0.2) is 12.0 Å². The minimum absolute atomic E-state index is 0.757. The molecule has 0 saturated heterocycles. The van der Waals surface area contributed by atoms with Crippen LogP contribution in [0.25, 0.3) is 0 Å². The predicted molar refractivity (Wildman–Crippen MR) is 40.0 cm³/mol. The minimum atomic E-state index is -1.05. The van der Waals surface area contributed by atoms with Gasteiger partial charge in [-0.25, -0.2) is 0 Å². The lowest BCUT2D eigenvalue weighted by Crippen LogP contribution is -1.86. The molecule has 1 heterocycles. The first kappa shape index (κ1) is 6.70. The third-order valence-corrected chi connectivity index (χ3v) is 2.73. The maximum Gasteiger partial charge on any atom is 0.373 e. The summed E-state index contributed by atoms with van der Waals surface area (Å²) in [6.07, 6.45) is 2.84. The van der Waals surface area contributed by atoms with Crippen molar-refractivity contribution in [3.63, 3.8) is 0 Å². The lowest BCUT2D eigenvalue weighted by Gasteiger charge is -1.95. The summed E-state index contributed by atoms with van der Waals surface area (Å²) in [7, 11) is -1.05. The van der Waals surface area contributed by atoms with Gasteiger partial charge in [0.05, 0.1) is 0 Å². The monoisotopic (exact) mass is 141 g/mol. The molecule has 1 rings (SSSR count). The number of rotatable bonds is 0. The summed E-state index contributed by atoms with van der Waals surface area (Å²) in [4.78, 5) is 0. The van der Waals surface area contributed by atoms with Gasteiger partial charge in [-0.2, -0.15) is 0 Å². The highest BCUT2D eigenvalue weighted by Gasteiger charge is 2.16. The van der Waals surface area contributed by atoms with Gasteiger partial charge in [0.2, 0.25) is 0 Å². The van der Waals surface area contributed by atoms with Crippen LogP contribution in [0.1, 0.15) is 13.8 Å². The molecule has 0 N–H and O–H groups in total. The molecule has 1 aliphatic heterocycles. The van der Waals surface area contributed by atoms with Crippen LogP contribution in [0.4, 0.5) is 0 Å². The van der Waals surface area contributed by atoms with Crippen LogP contribution >= 0.6 is 7.80 Å². The summed E-state index contributed by atoms with van der Waals surface area (Å²) in [5, 5.41) is 0. The van der Waals surface area contributed by atoms with Gasteiger partial charge in [-0.3, -0.25) is 0 Å². The van der Waals surface area contributed by atoms with Gasteiger partial charge in [-0.1, -0.05) is 10.6 Å². The van der Waals surface area contributed by atoms with E-state index >= 15 is 0 Å². The average Bonchev–Trinajstić information content (AvgIpc) is 1.59. The predicted octanol–water partition coefficient (Wildman–Crippen LogP) is 2.68. The van der Waals surface area contributed by atoms with Crippen molar-refractivity contribution in [1.82, 2.24) is 0 Å². The Morgan fingerprint density at radius 3 is 2.67 bits per heavy atom. The van der Waals surface area contributed by atoms with Crippen LogP contribution in [0, 0.1) is 0 Å². The molecule has 0 saturated carbocycles. The summed E-state index contributed by atoms with van der Waals surface area (Å²) in [5.74, 6) is 1.84. The summed E-state index contributed by atoms with van der Waals surface area (Å²) in [5.41, 5.74) is 2.37. The van der Waals surface area contributed by atoms with Gasteiger partial charge < -0.3 is 0 Å². The van der Waals surface area contributed by atoms with Crippen LogP contribution < -0.4 is 0 Å². The van der Waals surface area contributed by atoms with Gasteiger partial charge in [0, 0.05) is 0 Å². The summed E-state index contributed by atoms with van der Waals surface area (Å²) in [6, 6.07) is 0. The molecule has 1 aliphatic rings. The van der Waals surface area contributed by atoms with Gasteiger partial charge in [-0.05, 0) is 25.0 Å². The van der Waals surface area contributed by atoms with E-state index in [0.717, 1.165) is 11.7 Å². The van der Waals surface area contributed by atoms with Crippen LogP contribution in [-0.4, -0.2) is 6.16 Å². The van der Waals surface area contributed by atoms with Gasteiger partial charge in [0.25, 0.3) is 0 Å². The molecule has 9 heavy (non-hydrogen) atoms. The van der Waals surface area contributed by atoms with E-state index in [0.29, 0.717) is 0 Å². The van der Waals surface area contributed by atoms with Gasteiger partial charge in [0.1, 0.15) is 0 Å². The highest BCUT2D eigenvalue weighted by molar-refractivity contribution is 7.48. The Balaban J connectivity index is 2.86. The summed E-state index contributed by atoms with van der Waals surface area (Å²) >= 11 is 0. The van der Waals surface area contributed by atoms with E-state index in [-0.39, 0.29) is 0 Å². The van der Waals surface area contributed by atoms with E-state index in [1.807, 2.05) is 19.7 Å². The van der Waals surface area contributed by atoms with Crippen molar-refractivity contribution < 1.29 is 4.57 Å². The zero-order valence-corrected chi connectivity index (χ0v) is 6.61. The van der Waals surface area contributed by atoms with Crippen molar-refractivity contribution in [2.24, 2.45) is 0 Å². The summed E-state index contributed by atoms with van der Waals surface area (Å²) < 4.78 is 10.9. The molecule has 0 amide bonds. The molecule has 0 bridgehead atoms. The Bertz CT molecular complexity index is 201. The van der Waals surface area contributed by atoms with Crippen molar-refractivity contribution >= 4 is 7.80 Å². The van der Waals surface area contributed by atoms with E-state index in [9.17, 15) is 4.57 Å². The fourth-order valence-electron chi connectivity index (χ4n) is 0.990. The Kier molecular flexibility index (Phi) is 1.82. The van der Waals surface area contributed by atoms with Crippen LogP contribution in [0.2, 0.25) is 0 Å². The second-order valence-corrected chi connectivity index (χ2v) is 3.85. The molecule has 0 aromatic carbocycles. The van der Waals surface area contributed by atoms with E-state index in [4.69, 9.17) is 0 Å². The van der Waals surface area contributed by atoms with Crippen LogP contribution in [0.15, 0.2) is 23.0 Å². The fourth-order valence-corrected chi connectivity index (χ4v) is 2.19. The van der Waals surface area contributed by atoms with Crippen molar-refractivity contribution in [1.29, 1.82) is 0 Å². The van der Waals surface area contributed by atoms with E-state index in [1.54, 1.807) is 0 Å². The Morgan fingerprint density at radius 2 is 2.22 bits per heavy atom. The quantitative estimate of drug-likeness (QED) is 0.474. The Morgan fingerprint density at radius 1 is 1.56 bits per heavy atom. The third-order valence-electron chi connectivity index (χ3n) is 1.23. The molecule has 0 radical (unpaired) electrons. The zero-order chi connectivity index (χ0) is 6.85. The normalized spacial score (nSPS) is 23.1. The second kappa shape index (κ2) is 2.45. The van der Waals surface area contributed by atoms with Crippen molar-refractivity contribution in [3.8, 4) is 0 Å². The highest BCUT2D eigenvalue weighted by atomic mass is 31.1. The first-order valence-electron chi connectivity index (χ1n) is 2.98. The molecule has 0 aromatic heterocycles. The number of hydrogen-bond donors (Lipinski definition) is 0. The van der Waals surface area contributed by atoms with Gasteiger partial charge in [-0.15, -0.1) is 0 Å². The maximum absolute atomic E-state index is 10.9. The largest absolute Gasteiger partial charge is 0.373 e.